The highest BCUT2D eigenvalue weighted by Gasteiger charge is 2.22. The van der Waals surface area contributed by atoms with Gasteiger partial charge in [0.2, 0.25) is 0 Å². The minimum Gasteiger partial charge on any atom is -0.383 e. The number of hydrogen-bond donors (Lipinski definition) is 4. The molecule has 2 aromatic rings. The van der Waals surface area contributed by atoms with E-state index in [2.05, 4.69) is 41.4 Å². The lowest BCUT2D eigenvalue weighted by molar-refractivity contribution is 0.0932. The maximum atomic E-state index is 12.8. The number of nitrogens with one attached hydrogen (secondary N) is 4. The summed E-state index contributed by atoms with van der Waals surface area (Å²) in [4.78, 5) is 20.9. The number of aromatic nitrogens is 4. The molecule has 2 aromatic heterocycles. The Hall–Kier alpha value is -3.32. The molecule has 1 aliphatic carbocycles. The number of nitriles is 1. The second-order valence-electron chi connectivity index (χ2n) is 7.71. The lowest BCUT2D eigenvalue weighted by Gasteiger charge is -2.17. The van der Waals surface area contributed by atoms with Crippen LogP contribution in [0.3, 0.4) is 0 Å². The molecule has 10 heteroatoms. The zero-order chi connectivity index (χ0) is 20.8. The maximum absolute atomic E-state index is 12.8. The van der Waals surface area contributed by atoms with Crippen molar-refractivity contribution in [2.45, 2.75) is 38.1 Å². The molecule has 0 aromatic carbocycles. The zero-order valence-corrected chi connectivity index (χ0v) is 16.7. The van der Waals surface area contributed by atoms with Gasteiger partial charge in [-0.3, -0.25) is 4.79 Å². The van der Waals surface area contributed by atoms with Gasteiger partial charge in [-0.15, -0.1) is 10.2 Å². The number of anilines is 3. The van der Waals surface area contributed by atoms with Crippen molar-refractivity contribution in [3.8, 4) is 6.07 Å². The van der Waals surface area contributed by atoms with Crippen LogP contribution >= 0.6 is 0 Å². The van der Waals surface area contributed by atoms with E-state index in [1.54, 1.807) is 6.07 Å². The van der Waals surface area contributed by atoms with E-state index in [-0.39, 0.29) is 17.6 Å². The van der Waals surface area contributed by atoms with E-state index in [0.717, 1.165) is 51.7 Å². The smallest absolute Gasteiger partial charge is 0.274 e. The minimum atomic E-state index is -0.203. The maximum Gasteiger partial charge on any atom is 0.274 e. The third-order valence-electron chi connectivity index (χ3n) is 5.47. The third kappa shape index (κ3) is 4.99. The highest BCUT2D eigenvalue weighted by atomic mass is 16.2. The third-order valence-corrected chi connectivity index (χ3v) is 5.47. The van der Waals surface area contributed by atoms with Crippen molar-refractivity contribution < 1.29 is 4.79 Å². The van der Waals surface area contributed by atoms with Gasteiger partial charge in [0, 0.05) is 18.7 Å². The largest absolute Gasteiger partial charge is 0.383 e. The second-order valence-corrected chi connectivity index (χ2v) is 7.71. The Morgan fingerprint density at radius 2 is 2.03 bits per heavy atom. The Bertz CT molecular complexity index is 913. The molecule has 4 rings (SSSR count). The summed E-state index contributed by atoms with van der Waals surface area (Å²) >= 11 is 0. The van der Waals surface area contributed by atoms with Crippen LogP contribution in [0.15, 0.2) is 18.5 Å². The van der Waals surface area contributed by atoms with Gasteiger partial charge in [-0.2, -0.15) is 5.26 Å². The molecule has 3 heterocycles. The van der Waals surface area contributed by atoms with E-state index in [1.807, 2.05) is 6.07 Å². The fraction of sp³-hybridized carbons (Fsp3) is 0.500. The van der Waals surface area contributed by atoms with Crippen molar-refractivity contribution in [1.29, 1.82) is 5.26 Å². The molecule has 156 valence electrons. The first-order chi connectivity index (χ1) is 14.7. The van der Waals surface area contributed by atoms with Gasteiger partial charge in [-0.05, 0) is 38.3 Å². The monoisotopic (exact) mass is 407 g/mol. The summed E-state index contributed by atoms with van der Waals surface area (Å²) in [5, 5.41) is 30.0. The molecule has 4 N–H and O–H groups in total. The van der Waals surface area contributed by atoms with Crippen LogP contribution in [-0.2, 0) is 0 Å². The molecule has 10 nitrogen and oxygen atoms in total. The standard InChI is InChI=1S/C20H25N9O/c21-8-15-11-25-18(12-23-15)27-17-7-16(24-10-13-5-6-22-9-13)19(29-28-17)20(30)26-14-3-1-2-4-14/h7,11-14,22H,1-6,9-10H2,(H,26,30)(H2,24,25,27,28). The van der Waals surface area contributed by atoms with Gasteiger partial charge in [0.25, 0.3) is 5.91 Å². The van der Waals surface area contributed by atoms with Gasteiger partial charge in [0.1, 0.15) is 11.9 Å². The molecule has 0 radical (unpaired) electrons. The molecule has 1 aliphatic heterocycles. The molecule has 30 heavy (non-hydrogen) atoms. The highest BCUT2D eigenvalue weighted by molar-refractivity contribution is 5.98. The molecular weight excluding hydrogens is 382 g/mol. The molecule has 0 spiro atoms. The Kier molecular flexibility index (Phi) is 6.29. The van der Waals surface area contributed by atoms with Crippen molar-refractivity contribution >= 4 is 23.2 Å². The van der Waals surface area contributed by atoms with E-state index >= 15 is 0 Å². The van der Waals surface area contributed by atoms with Gasteiger partial charge in [0.15, 0.2) is 17.2 Å². The summed E-state index contributed by atoms with van der Waals surface area (Å²) in [6.07, 6.45) is 8.24. The summed E-state index contributed by atoms with van der Waals surface area (Å²) < 4.78 is 0. The van der Waals surface area contributed by atoms with E-state index in [4.69, 9.17) is 5.26 Å². The quantitative estimate of drug-likeness (QED) is 0.538. The first-order valence-corrected chi connectivity index (χ1v) is 10.3. The molecular formula is C20H25N9O. The predicted octanol–water partition coefficient (Wildman–Crippen LogP) is 1.58. The Balaban J connectivity index is 1.51. The number of carbonyl (C=O) groups excluding carboxylic acids is 1. The molecule has 2 aliphatic rings. The zero-order valence-electron chi connectivity index (χ0n) is 16.7. The van der Waals surface area contributed by atoms with Crippen LogP contribution in [0.4, 0.5) is 17.3 Å². The van der Waals surface area contributed by atoms with Crippen LogP contribution in [0.1, 0.15) is 48.3 Å². The van der Waals surface area contributed by atoms with Crippen LogP contribution in [0, 0.1) is 17.2 Å². The number of hydrogen-bond acceptors (Lipinski definition) is 9. The fourth-order valence-corrected chi connectivity index (χ4v) is 3.80. The second kappa shape index (κ2) is 9.45. The molecule has 0 bridgehead atoms. The topological polar surface area (TPSA) is 141 Å². The van der Waals surface area contributed by atoms with Crippen LogP contribution in [0.2, 0.25) is 0 Å². The van der Waals surface area contributed by atoms with Crippen LogP contribution in [-0.4, -0.2) is 51.7 Å². The average Bonchev–Trinajstić information content (AvgIpc) is 3.47. The summed E-state index contributed by atoms with van der Waals surface area (Å²) in [6, 6.07) is 3.90. The molecule has 1 saturated heterocycles. The van der Waals surface area contributed by atoms with Crippen LogP contribution in [0.25, 0.3) is 0 Å². The lowest BCUT2D eigenvalue weighted by Crippen LogP contribution is -2.34. The Morgan fingerprint density at radius 3 is 2.73 bits per heavy atom. The molecule has 2 fully saturated rings. The van der Waals surface area contributed by atoms with Crippen molar-refractivity contribution in [2.24, 2.45) is 5.92 Å². The number of rotatable bonds is 7. The van der Waals surface area contributed by atoms with Crippen LogP contribution < -0.4 is 21.3 Å². The Labute approximate surface area is 174 Å². The summed E-state index contributed by atoms with van der Waals surface area (Å²) in [5.41, 5.74) is 1.17. The van der Waals surface area contributed by atoms with Crippen molar-refractivity contribution in [2.75, 3.05) is 30.3 Å². The van der Waals surface area contributed by atoms with Crippen molar-refractivity contribution in [1.82, 2.24) is 30.8 Å². The van der Waals surface area contributed by atoms with Gasteiger partial charge < -0.3 is 21.3 Å². The normalized spacial score (nSPS) is 18.7. The van der Waals surface area contributed by atoms with Crippen LogP contribution in [0.5, 0.6) is 0 Å². The SMILES string of the molecule is N#Cc1cnc(Nc2cc(NCC3CCNC3)c(C(=O)NC3CCCC3)nn2)cn1. The molecule has 1 amide bonds. The van der Waals surface area contributed by atoms with Crippen molar-refractivity contribution in [3.63, 3.8) is 0 Å². The summed E-state index contributed by atoms with van der Waals surface area (Å²) in [5.74, 6) is 1.19. The minimum absolute atomic E-state index is 0.203. The van der Waals surface area contributed by atoms with E-state index in [9.17, 15) is 4.79 Å². The fourth-order valence-electron chi connectivity index (χ4n) is 3.80. The lowest BCUT2D eigenvalue weighted by atomic mass is 10.1. The molecule has 1 atom stereocenters. The molecule has 1 saturated carbocycles. The number of amides is 1. The van der Waals surface area contributed by atoms with E-state index in [0.29, 0.717) is 28.9 Å². The highest BCUT2D eigenvalue weighted by Crippen LogP contribution is 2.22. The van der Waals surface area contributed by atoms with Gasteiger partial charge >= 0.3 is 0 Å². The summed E-state index contributed by atoms with van der Waals surface area (Å²) in [7, 11) is 0. The van der Waals surface area contributed by atoms with Gasteiger partial charge in [-0.25, -0.2) is 9.97 Å². The predicted molar refractivity (Wildman–Crippen MR) is 111 cm³/mol. The molecule has 1 unspecified atom stereocenters. The van der Waals surface area contributed by atoms with Gasteiger partial charge in [-0.1, -0.05) is 12.8 Å². The van der Waals surface area contributed by atoms with Gasteiger partial charge in [0.05, 0.1) is 18.1 Å². The van der Waals surface area contributed by atoms with E-state index in [1.165, 1.54) is 12.4 Å². The Morgan fingerprint density at radius 1 is 1.17 bits per heavy atom. The summed E-state index contributed by atoms with van der Waals surface area (Å²) in [6.45, 7) is 2.72. The number of nitrogens with zero attached hydrogens (tertiary/aromatic N) is 5. The average molecular weight is 407 g/mol. The first kappa shape index (κ1) is 20.0. The van der Waals surface area contributed by atoms with Crippen molar-refractivity contribution in [3.05, 3.63) is 29.8 Å². The van der Waals surface area contributed by atoms with E-state index < -0.39 is 0 Å². The number of carbonyl (C=O) groups is 1. The first-order valence-electron chi connectivity index (χ1n) is 10.3.